The Labute approximate surface area is 128 Å². The van der Waals surface area contributed by atoms with Crippen LogP contribution in [0.2, 0.25) is 0 Å². The Morgan fingerprint density at radius 2 is 1.76 bits per heavy atom. The molecule has 0 aromatic heterocycles. The molecular weight excluding hydrogens is 264 g/mol. The van der Waals surface area contributed by atoms with Crippen LogP contribution in [0.5, 0.6) is 0 Å². The molecule has 5 heteroatoms. The van der Waals surface area contributed by atoms with E-state index in [0.29, 0.717) is 6.04 Å². The SMILES string of the molecule is CCNC(=NCC(=O)N1CCCCC1)NC1CCCCC1. The number of guanidine groups is 1. The fourth-order valence-electron chi connectivity index (χ4n) is 3.15. The quantitative estimate of drug-likeness (QED) is 0.615. The number of rotatable bonds is 4. The molecule has 0 aromatic carbocycles. The molecule has 2 aliphatic rings. The Hall–Kier alpha value is -1.26. The first-order valence-electron chi connectivity index (χ1n) is 8.62. The third kappa shape index (κ3) is 5.56. The zero-order valence-corrected chi connectivity index (χ0v) is 13.4. The van der Waals surface area contributed by atoms with Crippen LogP contribution in [0, 0.1) is 0 Å². The van der Waals surface area contributed by atoms with Crippen LogP contribution in [0.1, 0.15) is 58.3 Å². The molecule has 1 saturated carbocycles. The number of nitrogens with one attached hydrogen (secondary N) is 2. The van der Waals surface area contributed by atoms with Crippen LogP contribution in [0.25, 0.3) is 0 Å². The monoisotopic (exact) mass is 294 g/mol. The van der Waals surface area contributed by atoms with Gasteiger partial charge in [0.1, 0.15) is 6.54 Å². The van der Waals surface area contributed by atoms with Crippen molar-refractivity contribution < 1.29 is 4.79 Å². The highest BCUT2D eigenvalue weighted by molar-refractivity contribution is 5.85. The highest BCUT2D eigenvalue weighted by Gasteiger charge is 2.17. The van der Waals surface area contributed by atoms with Gasteiger partial charge in [0.25, 0.3) is 0 Å². The van der Waals surface area contributed by atoms with E-state index in [2.05, 4.69) is 22.5 Å². The minimum atomic E-state index is 0.163. The van der Waals surface area contributed by atoms with E-state index >= 15 is 0 Å². The molecule has 21 heavy (non-hydrogen) atoms. The highest BCUT2D eigenvalue weighted by Crippen LogP contribution is 2.17. The van der Waals surface area contributed by atoms with E-state index in [1.807, 2.05) is 4.90 Å². The highest BCUT2D eigenvalue weighted by atomic mass is 16.2. The molecule has 2 N–H and O–H groups in total. The van der Waals surface area contributed by atoms with Crippen LogP contribution in [-0.2, 0) is 4.79 Å². The van der Waals surface area contributed by atoms with Gasteiger partial charge in [0.15, 0.2) is 5.96 Å². The average Bonchev–Trinajstić information content (AvgIpc) is 2.54. The molecule has 0 aromatic rings. The number of carbonyl (C=O) groups excluding carboxylic acids is 1. The number of aliphatic imine (C=N–C) groups is 1. The average molecular weight is 294 g/mol. The van der Waals surface area contributed by atoms with Gasteiger partial charge in [-0.3, -0.25) is 4.79 Å². The van der Waals surface area contributed by atoms with Crippen molar-refractivity contribution in [1.82, 2.24) is 15.5 Å². The van der Waals surface area contributed by atoms with Gasteiger partial charge in [-0.1, -0.05) is 19.3 Å². The summed E-state index contributed by atoms with van der Waals surface area (Å²) in [6.45, 7) is 4.96. The van der Waals surface area contributed by atoms with E-state index in [9.17, 15) is 4.79 Å². The van der Waals surface area contributed by atoms with Gasteiger partial charge in [-0.05, 0) is 39.0 Å². The Morgan fingerprint density at radius 3 is 2.43 bits per heavy atom. The molecule has 0 unspecified atom stereocenters. The number of nitrogens with zero attached hydrogens (tertiary/aromatic N) is 2. The second kappa shape index (κ2) is 8.90. The van der Waals surface area contributed by atoms with E-state index in [1.165, 1.54) is 38.5 Å². The molecule has 120 valence electrons. The molecule has 0 radical (unpaired) electrons. The van der Waals surface area contributed by atoms with Crippen molar-refractivity contribution in [1.29, 1.82) is 0 Å². The lowest BCUT2D eigenvalue weighted by molar-refractivity contribution is -0.130. The van der Waals surface area contributed by atoms with Gasteiger partial charge in [0.2, 0.25) is 5.91 Å². The number of amides is 1. The van der Waals surface area contributed by atoms with Crippen LogP contribution in [0.3, 0.4) is 0 Å². The van der Waals surface area contributed by atoms with Gasteiger partial charge in [0.05, 0.1) is 0 Å². The Bertz CT molecular complexity index is 344. The number of piperidine rings is 1. The van der Waals surface area contributed by atoms with Crippen molar-refractivity contribution >= 4 is 11.9 Å². The minimum absolute atomic E-state index is 0.163. The van der Waals surface area contributed by atoms with Crippen LogP contribution in [-0.4, -0.2) is 49.0 Å². The number of carbonyl (C=O) groups is 1. The molecule has 1 aliphatic heterocycles. The molecule has 0 spiro atoms. The lowest BCUT2D eigenvalue weighted by Gasteiger charge is -2.27. The summed E-state index contributed by atoms with van der Waals surface area (Å²) in [5, 5.41) is 6.74. The topological polar surface area (TPSA) is 56.7 Å². The normalized spacial score (nSPS) is 21.2. The maximum Gasteiger partial charge on any atom is 0.244 e. The Balaban J connectivity index is 1.82. The number of hydrogen-bond donors (Lipinski definition) is 2. The fourth-order valence-corrected chi connectivity index (χ4v) is 3.15. The molecule has 1 amide bonds. The van der Waals surface area contributed by atoms with E-state index in [4.69, 9.17) is 0 Å². The van der Waals surface area contributed by atoms with Crippen LogP contribution < -0.4 is 10.6 Å². The van der Waals surface area contributed by atoms with Crippen LogP contribution >= 0.6 is 0 Å². The summed E-state index contributed by atoms with van der Waals surface area (Å²) >= 11 is 0. The summed E-state index contributed by atoms with van der Waals surface area (Å²) in [6.07, 6.45) is 9.88. The smallest absolute Gasteiger partial charge is 0.244 e. The van der Waals surface area contributed by atoms with E-state index in [0.717, 1.165) is 38.4 Å². The second-order valence-corrected chi connectivity index (χ2v) is 6.12. The van der Waals surface area contributed by atoms with Crippen LogP contribution in [0.4, 0.5) is 0 Å². The first-order valence-corrected chi connectivity index (χ1v) is 8.62. The van der Waals surface area contributed by atoms with Gasteiger partial charge >= 0.3 is 0 Å². The van der Waals surface area contributed by atoms with E-state index in [-0.39, 0.29) is 12.5 Å². The molecule has 1 heterocycles. The minimum Gasteiger partial charge on any atom is -0.357 e. The van der Waals surface area contributed by atoms with E-state index in [1.54, 1.807) is 0 Å². The number of hydrogen-bond acceptors (Lipinski definition) is 2. The predicted molar refractivity (Wildman–Crippen MR) is 86.4 cm³/mol. The molecule has 5 nitrogen and oxygen atoms in total. The van der Waals surface area contributed by atoms with Gasteiger partial charge in [-0.25, -0.2) is 4.99 Å². The maximum absolute atomic E-state index is 12.2. The first-order chi connectivity index (χ1) is 10.3. The second-order valence-electron chi connectivity index (χ2n) is 6.12. The van der Waals surface area contributed by atoms with Crippen molar-refractivity contribution in [3.63, 3.8) is 0 Å². The van der Waals surface area contributed by atoms with Gasteiger partial charge in [-0.15, -0.1) is 0 Å². The molecule has 2 fully saturated rings. The van der Waals surface area contributed by atoms with Crippen molar-refractivity contribution in [3.05, 3.63) is 0 Å². The standard InChI is InChI=1S/C16H30N4O/c1-2-17-16(19-14-9-5-3-6-10-14)18-13-15(21)20-11-7-4-8-12-20/h14H,2-13H2,1H3,(H2,17,18,19). The summed E-state index contributed by atoms with van der Waals surface area (Å²) < 4.78 is 0. The predicted octanol–water partition coefficient (Wildman–Crippen LogP) is 1.89. The third-order valence-corrected chi connectivity index (χ3v) is 4.37. The molecule has 1 aliphatic carbocycles. The third-order valence-electron chi connectivity index (χ3n) is 4.37. The van der Waals surface area contributed by atoms with E-state index < -0.39 is 0 Å². The Kier molecular flexibility index (Phi) is 6.83. The summed E-state index contributed by atoms with van der Waals surface area (Å²) in [6, 6.07) is 0.515. The lowest BCUT2D eigenvalue weighted by atomic mass is 9.96. The fraction of sp³-hybridized carbons (Fsp3) is 0.875. The van der Waals surface area contributed by atoms with Crippen molar-refractivity contribution in [3.8, 4) is 0 Å². The van der Waals surface area contributed by atoms with Gasteiger partial charge < -0.3 is 15.5 Å². The van der Waals surface area contributed by atoms with Crippen molar-refractivity contribution in [2.24, 2.45) is 4.99 Å². The van der Waals surface area contributed by atoms with Crippen LogP contribution in [0.15, 0.2) is 4.99 Å². The Morgan fingerprint density at radius 1 is 1.10 bits per heavy atom. The summed E-state index contributed by atoms with van der Waals surface area (Å²) in [5.74, 6) is 0.963. The molecular formula is C16H30N4O. The maximum atomic E-state index is 12.2. The summed E-state index contributed by atoms with van der Waals surface area (Å²) in [5.41, 5.74) is 0. The van der Waals surface area contributed by atoms with Gasteiger partial charge in [0, 0.05) is 25.7 Å². The van der Waals surface area contributed by atoms with Crippen molar-refractivity contribution in [2.75, 3.05) is 26.2 Å². The molecule has 2 rings (SSSR count). The number of likely N-dealkylation sites (tertiary alicyclic amines) is 1. The first kappa shape index (κ1) is 16.1. The lowest BCUT2D eigenvalue weighted by Crippen LogP contribution is -2.45. The zero-order valence-electron chi connectivity index (χ0n) is 13.4. The van der Waals surface area contributed by atoms with Gasteiger partial charge in [-0.2, -0.15) is 0 Å². The summed E-state index contributed by atoms with van der Waals surface area (Å²) in [4.78, 5) is 18.6. The van der Waals surface area contributed by atoms with Crippen molar-refractivity contribution in [2.45, 2.75) is 64.3 Å². The summed E-state index contributed by atoms with van der Waals surface area (Å²) in [7, 11) is 0. The molecule has 1 saturated heterocycles. The zero-order chi connectivity index (χ0) is 14.9. The molecule has 0 bridgehead atoms. The largest absolute Gasteiger partial charge is 0.357 e. The molecule has 0 atom stereocenters.